The van der Waals surface area contributed by atoms with Gasteiger partial charge in [-0.15, -0.1) is 0 Å². The molecule has 0 spiro atoms. The van der Waals surface area contributed by atoms with Crippen molar-refractivity contribution in [1.29, 1.82) is 0 Å². The van der Waals surface area contributed by atoms with Gasteiger partial charge < -0.3 is 18.9 Å². The fourth-order valence-corrected chi connectivity index (χ4v) is 2.06. The van der Waals surface area contributed by atoms with E-state index in [4.69, 9.17) is 18.9 Å². The van der Waals surface area contributed by atoms with Gasteiger partial charge in [-0.25, -0.2) is 0 Å². The average molecular weight is 240 g/mol. The first kappa shape index (κ1) is 12.7. The van der Waals surface area contributed by atoms with Crippen molar-refractivity contribution >= 4 is 0 Å². The van der Waals surface area contributed by atoms with Crippen molar-refractivity contribution in [2.45, 2.75) is 65.0 Å². The summed E-state index contributed by atoms with van der Waals surface area (Å²) in [4.78, 5) is 0. The predicted octanol–water partition coefficient (Wildman–Crippen LogP) is 2.35. The number of hydrogen-bond donors (Lipinski definition) is 0. The molecular formula is C13H20O4. The van der Waals surface area contributed by atoms with Crippen molar-refractivity contribution in [3.05, 3.63) is 17.6 Å². The van der Waals surface area contributed by atoms with Crippen LogP contribution >= 0.6 is 0 Å². The van der Waals surface area contributed by atoms with E-state index >= 15 is 0 Å². The maximum Gasteiger partial charge on any atom is 0.191 e. The zero-order chi connectivity index (χ0) is 12.6. The molecule has 0 N–H and O–H groups in total. The van der Waals surface area contributed by atoms with E-state index in [0.29, 0.717) is 0 Å². The molecule has 0 aromatic rings. The first-order valence-corrected chi connectivity index (χ1v) is 5.94. The van der Waals surface area contributed by atoms with Crippen molar-refractivity contribution in [3.63, 3.8) is 0 Å². The Morgan fingerprint density at radius 3 is 2.65 bits per heavy atom. The van der Waals surface area contributed by atoms with E-state index in [1.54, 1.807) is 6.26 Å². The number of ether oxygens (including phenoxy) is 4. The molecule has 2 aliphatic rings. The summed E-state index contributed by atoms with van der Waals surface area (Å²) in [5.41, 5.74) is 4.08. The van der Waals surface area contributed by atoms with Crippen LogP contribution < -0.4 is 0 Å². The second-order valence-electron chi connectivity index (χ2n) is 5.17. The molecule has 0 unspecified atom stereocenters. The van der Waals surface area contributed by atoms with Crippen molar-refractivity contribution in [3.8, 4) is 0 Å². The smallest absolute Gasteiger partial charge is 0.191 e. The normalized spacial score (nSPS) is 38.4. The summed E-state index contributed by atoms with van der Waals surface area (Å²) in [6, 6.07) is 0. The Bertz CT molecular complexity index is 350. The molecule has 2 heterocycles. The molecule has 4 nitrogen and oxygen atoms in total. The lowest BCUT2D eigenvalue weighted by Crippen LogP contribution is -2.34. The minimum absolute atomic E-state index is 0.0451. The molecule has 0 bridgehead atoms. The SMILES string of the molecule is CC(C)=C=CO[C@@H]1[C@H]2OC(C)(C)O[C@H]2O[C@@H]1C. The third-order valence-corrected chi connectivity index (χ3v) is 2.80. The van der Waals surface area contributed by atoms with Gasteiger partial charge in [0.15, 0.2) is 24.3 Å². The molecule has 4 heteroatoms. The lowest BCUT2D eigenvalue weighted by molar-refractivity contribution is -0.212. The highest BCUT2D eigenvalue weighted by molar-refractivity contribution is 4.95. The first-order chi connectivity index (χ1) is 7.89. The van der Waals surface area contributed by atoms with Gasteiger partial charge in [-0.1, -0.05) is 5.73 Å². The van der Waals surface area contributed by atoms with Crippen LogP contribution in [0.25, 0.3) is 0 Å². The van der Waals surface area contributed by atoms with Gasteiger partial charge in [-0.05, 0) is 40.2 Å². The Kier molecular flexibility index (Phi) is 3.32. The number of rotatable bonds is 2. The van der Waals surface area contributed by atoms with E-state index in [1.165, 1.54) is 0 Å². The second kappa shape index (κ2) is 4.46. The summed E-state index contributed by atoms with van der Waals surface area (Å²) in [5, 5.41) is 0. The van der Waals surface area contributed by atoms with Gasteiger partial charge in [0.1, 0.15) is 6.26 Å². The van der Waals surface area contributed by atoms with Crippen LogP contribution in [-0.4, -0.2) is 30.4 Å². The molecule has 2 rings (SSSR count). The average Bonchev–Trinajstić information content (AvgIpc) is 2.59. The Hall–Kier alpha value is -0.800. The summed E-state index contributed by atoms with van der Waals surface area (Å²) in [7, 11) is 0. The van der Waals surface area contributed by atoms with Crippen LogP contribution in [0, 0.1) is 0 Å². The maximum atomic E-state index is 5.79. The minimum atomic E-state index is -0.600. The van der Waals surface area contributed by atoms with Crippen LogP contribution in [0.3, 0.4) is 0 Å². The largest absolute Gasteiger partial charge is 0.484 e. The van der Waals surface area contributed by atoms with Crippen molar-refractivity contribution in [1.82, 2.24) is 0 Å². The number of fused-ring (bicyclic) bond motifs is 1. The third kappa shape index (κ3) is 2.72. The summed E-state index contributed by atoms with van der Waals surface area (Å²) in [6.07, 6.45) is 0.891. The molecule has 0 amide bonds. The molecule has 0 aromatic heterocycles. The van der Waals surface area contributed by atoms with Gasteiger partial charge in [0, 0.05) is 0 Å². The Morgan fingerprint density at radius 2 is 2.00 bits per heavy atom. The maximum absolute atomic E-state index is 5.79. The molecule has 4 atom stereocenters. The molecule has 2 fully saturated rings. The van der Waals surface area contributed by atoms with Crippen molar-refractivity contribution in [2.24, 2.45) is 0 Å². The first-order valence-electron chi connectivity index (χ1n) is 5.94. The molecule has 2 saturated heterocycles. The molecule has 0 radical (unpaired) electrons. The quantitative estimate of drug-likeness (QED) is 0.548. The number of allylic oxidation sites excluding steroid dienone is 1. The van der Waals surface area contributed by atoms with E-state index in [-0.39, 0.29) is 24.6 Å². The van der Waals surface area contributed by atoms with Gasteiger partial charge >= 0.3 is 0 Å². The topological polar surface area (TPSA) is 36.9 Å². The fraction of sp³-hybridized carbons (Fsp3) is 0.769. The lowest BCUT2D eigenvalue weighted by Gasteiger charge is -2.23. The van der Waals surface area contributed by atoms with Crippen LogP contribution in [0.5, 0.6) is 0 Å². The van der Waals surface area contributed by atoms with E-state index < -0.39 is 5.79 Å². The third-order valence-electron chi connectivity index (χ3n) is 2.80. The van der Waals surface area contributed by atoms with Gasteiger partial charge in [0.2, 0.25) is 0 Å². The molecule has 0 saturated carbocycles. The summed E-state index contributed by atoms with van der Waals surface area (Å²) in [5.74, 6) is -0.600. The molecule has 96 valence electrons. The Morgan fingerprint density at radius 1 is 1.29 bits per heavy atom. The lowest BCUT2D eigenvalue weighted by atomic mass is 10.1. The van der Waals surface area contributed by atoms with E-state index in [9.17, 15) is 0 Å². The van der Waals surface area contributed by atoms with E-state index in [2.05, 4.69) is 5.73 Å². The van der Waals surface area contributed by atoms with E-state index in [0.717, 1.165) is 5.57 Å². The number of hydrogen-bond acceptors (Lipinski definition) is 4. The summed E-state index contributed by atoms with van der Waals surface area (Å²) >= 11 is 0. The monoisotopic (exact) mass is 240 g/mol. The van der Waals surface area contributed by atoms with Crippen molar-refractivity contribution in [2.75, 3.05) is 0 Å². The summed E-state index contributed by atoms with van der Waals surface area (Å²) in [6.45, 7) is 9.65. The van der Waals surface area contributed by atoms with Gasteiger partial charge in [-0.2, -0.15) is 0 Å². The molecule has 17 heavy (non-hydrogen) atoms. The predicted molar refractivity (Wildman–Crippen MR) is 62.2 cm³/mol. The van der Waals surface area contributed by atoms with Gasteiger partial charge in [0.25, 0.3) is 0 Å². The van der Waals surface area contributed by atoms with Crippen molar-refractivity contribution < 1.29 is 18.9 Å². The van der Waals surface area contributed by atoms with Crippen LogP contribution in [0.15, 0.2) is 17.6 Å². The molecular weight excluding hydrogens is 220 g/mol. The second-order valence-corrected chi connectivity index (χ2v) is 5.17. The molecule has 2 aliphatic heterocycles. The zero-order valence-electron chi connectivity index (χ0n) is 11.0. The minimum Gasteiger partial charge on any atom is -0.484 e. The highest BCUT2D eigenvalue weighted by Crippen LogP contribution is 2.38. The highest BCUT2D eigenvalue weighted by atomic mass is 16.8. The fourth-order valence-electron chi connectivity index (χ4n) is 2.06. The Balaban J connectivity index is 2.05. The van der Waals surface area contributed by atoms with Gasteiger partial charge in [-0.3, -0.25) is 0 Å². The summed E-state index contributed by atoms with van der Waals surface area (Å²) < 4.78 is 22.7. The van der Waals surface area contributed by atoms with Crippen LogP contribution in [-0.2, 0) is 18.9 Å². The molecule has 0 aromatic carbocycles. The zero-order valence-corrected chi connectivity index (χ0v) is 11.0. The van der Waals surface area contributed by atoms with Gasteiger partial charge in [0.05, 0.1) is 6.10 Å². The van der Waals surface area contributed by atoms with Crippen LogP contribution in [0.2, 0.25) is 0 Å². The standard InChI is InChI=1S/C13H20O4/c1-8(2)6-7-14-10-9(3)15-12-11(10)16-13(4,5)17-12/h7,9-12H,1-5H3/t9-,10+,11-,12-/m1/s1. The van der Waals surface area contributed by atoms with E-state index in [1.807, 2.05) is 34.6 Å². The Labute approximate surface area is 102 Å². The highest BCUT2D eigenvalue weighted by Gasteiger charge is 2.54. The van der Waals surface area contributed by atoms with Crippen LogP contribution in [0.1, 0.15) is 34.6 Å². The van der Waals surface area contributed by atoms with Crippen LogP contribution in [0.4, 0.5) is 0 Å². The molecule has 0 aliphatic carbocycles.